The number of anilines is 1. The number of hydrogen-bond acceptors (Lipinski definition) is 6. The first-order chi connectivity index (χ1) is 12.9. The van der Waals surface area contributed by atoms with Crippen molar-refractivity contribution in [2.24, 2.45) is 0 Å². The van der Waals surface area contributed by atoms with E-state index in [0.29, 0.717) is 32.2 Å². The standard InChI is InChI=1S/C17H15Cl2FN4O3/c18-9-2-1-7(3-10(9)19)8-4-24(16-12(8)15(21)22-6-23-16)17-14(26)13(20)11(5-25)27-17/h1-4,6,11,13-14,17,25-26H,5H2,(H2,21,22,23)/t11-,13-,14-,17-/m1/s1. The maximum Gasteiger partial charge on any atom is 0.164 e. The van der Waals surface area contributed by atoms with Crippen LogP contribution in [0.25, 0.3) is 22.2 Å². The molecule has 3 heterocycles. The molecule has 2 aromatic heterocycles. The van der Waals surface area contributed by atoms with Crippen LogP contribution >= 0.6 is 23.2 Å². The Hall–Kier alpha value is -1.97. The van der Waals surface area contributed by atoms with Gasteiger partial charge in [0, 0.05) is 11.8 Å². The van der Waals surface area contributed by atoms with Crippen LogP contribution in [0.5, 0.6) is 0 Å². The minimum atomic E-state index is -1.73. The fourth-order valence-electron chi connectivity index (χ4n) is 3.27. The molecule has 1 saturated heterocycles. The summed E-state index contributed by atoms with van der Waals surface area (Å²) in [6, 6.07) is 5.05. The van der Waals surface area contributed by atoms with Crippen molar-refractivity contribution in [1.82, 2.24) is 14.5 Å². The van der Waals surface area contributed by atoms with E-state index in [9.17, 15) is 14.6 Å². The molecule has 3 aromatic rings. The number of nitrogens with zero attached hydrogens (tertiary/aromatic N) is 3. The number of ether oxygens (including phenoxy) is 1. The van der Waals surface area contributed by atoms with Crippen LogP contribution < -0.4 is 5.73 Å². The molecule has 10 heteroatoms. The number of nitrogen functional groups attached to an aromatic ring is 1. The largest absolute Gasteiger partial charge is 0.394 e. The van der Waals surface area contributed by atoms with Crippen molar-refractivity contribution in [1.29, 1.82) is 0 Å². The topological polar surface area (TPSA) is 106 Å². The van der Waals surface area contributed by atoms with Crippen molar-refractivity contribution < 1.29 is 19.3 Å². The van der Waals surface area contributed by atoms with Gasteiger partial charge in [-0.25, -0.2) is 14.4 Å². The zero-order chi connectivity index (χ0) is 19.3. The molecule has 0 spiro atoms. The SMILES string of the molecule is Nc1ncnc2c1c(-c1ccc(Cl)c(Cl)c1)cn2[C@@H]1O[C@H](CO)[C@@H](F)[C@H]1O. The number of nitrogens with two attached hydrogens (primary N) is 1. The summed E-state index contributed by atoms with van der Waals surface area (Å²) in [5, 5.41) is 20.8. The Balaban J connectivity index is 1.91. The molecule has 4 atom stereocenters. The lowest BCUT2D eigenvalue weighted by Gasteiger charge is -2.16. The molecule has 4 N–H and O–H groups in total. The Kier molecular flexibility index (Phi) is 4.69. The van der Waals surface area contributed by atoms with Crippen molar-refractivity contribution in [3.8, 4) is 11.1 Å². The molecule has 0 radical (unpaired) electrons. The first-order valence-electron chi connectivity index (χ1n) is 8.07. The second kappa shape index (κ2) is 6.88. The lowest BCUT2D eigenvalue weighted by atomic mass is 10.1. The molecule has 142 valence electrons. The molecule has 1 aliphatic heterocycles. The molecule has 7 nitrogen and oxygen atoms in total. The van der Waals surface area contributed by atoms with Gasteiger partial charge in [-0.15, -0.1) is 0 Å². The van der Waals surface area contributed by atoms with Gasteiger partial charge in [-0.05, 0) is 17.7 Å². The van der Waals surface area contributed by atoms with Crippen LogP contribution in [0.2, 0.25) is 10.0 Å². The van der Waals surface area contributed by atoms with E-state index in [1.807, 2.05) is 0 Å². The van der Waals surface area contributed by atoms with Gasteiger partial charge >= 0.3 is 0 Å². The maximum atomic E-state index is 14.2. The number of aliphatic hydroxyl groups is 2. The number of aliphatic hydroxyl groups excluding tert-OH is 2. The minimum Gasteiger partial charge on any atom is -0.394 e. The third-order valence-electron chi connectivity index (χ3n) is 4.61. The van der Waals surface area contributed by atoms with Gasteiger partial charge in [0.15, 0.2) is 12.4 Å². The monoisotopic (exact) mass is 412 g/mol. The van der Waals surface area contributed by atoms with Gasteiger partial charge in [0.1, 0.15) is 30.0 Å². The lowest BCUT2D eigenvalue weighted by Crippen LogP contribution is -2.29. The highest BCUT2D eigenvalue weighted by Crippen LogP contribution is 2.40. The molecule has 1 aromatic carbocycles. The fourth-order valence-corrected chi connectivity index (χ4v) is 3.57. The van der Waals surface area contributed by atoms with Gasteiger partial charge in [-0.2, -0.15) is 0 Å². The van der Waals surface area contributed by atoms with E-state index in [2.05, 4.69) is 9.97 Å². The summed E-state index contributed by atoms with van der Waals surface area (Å²) in [4.78, 5) is 8.24. The molecule has 0 unspecified atom stereocenters. The Bertz CT molecular complexity index is 1020. The van der Waals surface area contributed by atoms with E-state index in [1.165, 1.54) is 10.9 Å². The number of fused-ring (bicyclic) bond motifs is 1. The Morgan fingerprint density at radius 1 is 1.26 bits per heavy atom. The maximum absolute atomic E-state index is 14.2. The lowest BCUT2D eigenvalue weighted by molar-refractivity contribution is -0.0492. The predicted molar refractivity (Wildman–Crippen MR) is 99.3 cm³/mol. The second-order valence-corrected chi connectivity index (χ2v) is 7.03. The molecule has 0 bridgehead atoms. The molecule has 27 heavy (non-hydrogen) atoms. The highest BCUT2D eigenvalue weighted by atomic mass is 35.5. The van der Waals surface area contributed by atoms with Crippen LogP contribution in [-0.2, 0) is 4.74 Å². The number of rotatable bonds is 3. The molecule has 1 fully saturated rings. The summed E-state index contributed by atoms with van der Waals surface area (Å²) >= 11 is 12.1. The summed E-state index contributed by atoms with van der Waals surface area (Å²) in [7, 11) is 0. The van der Waals surface area contributed by atoms with Crippen LogP contribution in [0.1, 0.15) is 6.23 Å². The van der Waals surface area contributed by atoms with Crippen molar-refractivity contribution >= 4 is 40.1 Å². The third kappa shape index (κ3) is 2.94. The Morgan fingerprint density at radius 2 is 2.04 bits per heavy atom. The van der Waals surface area contributed by atoms with Crippen molar-refractivity contribution in [2.75, 3.05) is 12.3 Å². The van der Waals surface area contributed by atoms with E-state index in [-0.39, 0.29) is 5.82 Å². The van der Waals surface area contributed by atoms with Crippen LogP contribution in [-0.4, -0.2) is 49.7 Å². The summed E-state index contributed by atoms with van der Waals surface area (Å²) in [5.41, 5.74) is 7.73. The van der Waals surface area contributed by atoms with Gasteiger partial charge < -0.3 is 25.3 Å². The molecule has 0 aliphatic carbocycles. The summed E-state index contributed by atoms with van der Waals surface area (Å²) in [5.74, 6) is 0.211. The van der Waals surface area contributed by atoms with Crippen molar-refractivity contribution in [3.63, 3.8) is 0 Å². The second-order valence-electron chi connectivity index (χ2n) is 6.22. The van der Waals surface area contributed by atoms with Crippen molar-refractivity contribution in [2.45, 2.75) is 24.6 Å². The molecular formula is C17H15Cl2FN4O3. The predicted octanol–water partition coefficient (Wildman–Crippen LogP) is 2.58. The van der Waals surface area contributed by atoms with E-state index in [0.717, 1.165) is 0 Å². The molecular weight excluding hydrogens is 398 g/mol. The number of aromatic nitrogens is 3. The van der Waals surface area contributed by atoms with Gasteiger partial charge in [0.2, 0.25) is 0 Å². The van der Waals surface area contributed by atoms with Crippen LogP contribution in [0, 0.1) is 0 Å². The Morgan fingerprint density at radius 3 is 2.70 bits per heavy atom. The van der Waals surface area contributed by atoms with Crippen molar-refractivity contribution in [3.05, 3.63) is 40.8 Å². The summed E-state index contributed by atoms with van der Waals surface area (Å²) in [6.45, 7) is -0.551. The molecule has 1 aliphatic rings. The van der Waals surface area contributed by atoms with Crippen LogP contribution in [0.4, 0.5) is 10.2 Å². The first kappa shape index (κ1) is 18.4. The molecule has 4 rings (SSSR count). The summed E-state index contributed by atoms with van der Waals surface area (Å²) in [6.07, 6.45) is -2.51. The highest BCUT2D eigenvalue weighted by molar-refractivity contribution is 6.42. The van der Waals surface area contributed by atoms with Gasteiger partial charge in [-0.1, -0.05) is 29.3 Å². The van der Waals surface area contributed by atoms with E-state index >= 15 is 0 Å². The quantitative estimate of drug-likeness (QED) is 0.610. The van der Waals surface area contributed by atoms with Gasteiger partial charge in [0.25, 0.3) is 0 Å². The minimum absolute atomic E-state index is 0.211. The number of alkyl halides is 1. The zero-order valence-corrected chi connectivity index (χ0v) is 15.3. The average Bonchev–Trinajstić information content (AvgIpc) is 3.17. The van der Waals surface area contributed by atoms with E-state index in [1.54, 1.807) is 24.4 Å². The fraction of sp³-hybridized carbons (Fsp3) is 0.294. The number of hydrogen-bond donors (Lipinski definition) is 3. The smallest absolute Gasteiger partial charge is 0.164 e. The van der Waals surface area contributed by atoms with Gasteiger partial charge in [0.05, 0.1) is 22.0 Å². The average molecular weight is 413 g/mol. The van der Waals surface area contributed by atoms with Crippen LogP contribution in [0.15, 0.2) is 30.7 Å². The van der Waals surface area contributed by atoms with E-state index in [4.69, 9.17) is 33.7 Å². The Labute approximate surface area is 163 Å². The third-order valence-corrected chi connectivity index (χ3v) is 5.35. The summed E-state index contributed by atoms with van der Waals surface area (Å²) < 4.78 is 21.2. The van der Waals surface area contributed by atoms with Crippen LogP contribution in [0.3, 0.4) is 0 Å². The number of benzene rings is 1. The highest BCUT2D eigenvalue weighted by Gasteiger charge is 2.45. The number of halogens is 3. The normalized spacial score (nSPS) is 25.4. The molecule has 0 amide bonds. The first-order valence-corrected chi connectivity index (χ1v) is 8.83. The van der Waals surface area contributed by atoms with E-state index < -0.39 is 31.2 Å². The zero-order valence-electron chi connectivity index (χ0n) is 13.8. The van der Waals surface area contributed by atoms with Gasteiger partial charge in [-0.3, -0.25) is 0 Å². The molecule has 0 saturated carbocycles.